The number of pyridine rings is 1. The Morgan fingerprint density at radius 2 is 2.38 bits per heavy atom. The van der Waals surface area contributed by atoms with Crippen LogP contribution in [-0.2, 0) is 0 Å². The average molecular weight is 291 g/mol. The maximum atomic E-state index is 13.7. The molecule has 0 spiro atoms. The van der Waals surface area contributed by atoms with Gasteiger partial charge in [0.2, 0.25) is 6.54 Å². The standard InChI is InChI=1S/C10H12BrFN2O2/c1-2-3-7(6-14(15)16)8-4-5-13-10(11)9(8)12/h4-5,7H,2-3,6H2,1H3. The molecular weight excluding hydrogens is 279 g/mol. The minimum atomic E-state index is -0.497. The van der Waals surface area contributed by atoms with Gasteiger partial charge < -0.3 is 0 Å². The highest BCUT2D eigenvalue weighted by Crippen LogP contribution is 2.26. The Labute approximate surface area is 101 Å². The summed E-state index contributed by atoms with van der Waals surface area (Å²) in [4.78, 5) is 13.8. The number of nitrogens with zero attached hydrogens (tertiary/aromatic N) is 2. The van der Waals surface area contributed by atoms with Crippen LogP contribution in [0.4, 0.5) is 4.39 Å². The minimum absolute atomic E-state index is 0.106. The second-order valence-electron chi connectivity index (χ2n) is 3.51. The summed E-state index contributed by atoms with van der Waals surface area (Å²) in [5, 5.41) is 10.5. The van der Waals surface area contributed by atoms with Crippen LogP contribution in [0.1, 0.15) is 31.2 Å². The van der Waals surface area contributed by atoms with E-state index in [9.17, 15) is 14.5 Å². The number of aromatic nitrogens is 1. The van der Waals surface area contributed by atoms with Gasteiger partial charge in [-0.25, -0.2) is 9.37 Å². The maximum Gasteiger partial charge on any atom is 0.210 e. The van der Waals surface area contributed by atoms with E-state index in [0.717, 1.165) is 6.42 Å². The molecule has 0 bridgehead atoms. The summed E-state index contributed by atoms with van der Waals surface area (Å²) in [5.41, 5.74) is 0.362. The van der Waals surface area contributed by atoms with Crippen LogP contribution in [0.2, 0.25) is 0 Å². The SMILES string of the molecule is CCCC(C[N+](=O)[O-])c1ccnc(Br)c1F. The van der Waals surface area contributed by atoms with Crippen molar-refractivity contribution in [1.29, 1.82) is 0 Å². The van der Waals surface area contributed by atoms with Crippen LogP contribution in [0.25, 0.3) is 0 Å². The summed E-state index contributed by atoms with van der Waals surface area (Å²) in [7, 11) is 0. The van der Waals surface area contributed by atoms with Gasteiger partial charge in [0.15, 0.2) is 5.82 Å². The molecule has 1 rings (SSSR count). The fraction of sp³-hybridized carbons (Fsp3) is 0.500. The Morgan fingerprint density at radius 1 is 1.69 bits per heavy atom. The fourth-order valence-electron chi connectivity index (χ4n) is 1.62. The molecule has 0 N–H and O–H groups in total. The highest BCUT2D eigenvalue weighted by Gasteiger charge is 2.21. The van der Waals surface area contributed by atoms with Gasteiger partial charge in [-0.2, -0.15) is 0 Å². The van der Waals surface area contributed by atoms with Crippen LogP contribution in [0, 0.1) is 15.9 Å². The van der Waals surface area contributed by atoms with Gasteiger partial charge in [-0.05, 0) is 28.4 Å². The highest BCUT2D eigenvalue weighted by molar-refractivity contribution is 9.10. The molecule has 0 aromatic carbocycles. The van der Waals surface area contributed by atoms with Gasteiger partial charge in [-0.15, -0.1) is 0 Å². The Kier molecular flexibility index (Phi) is 4.79. The molecule has 1 unspecified atom stereocenters. The average Bonchev–Trinajstić information content (AvgIpc) is 2.21. The van der Waals surface area contributed by atoms with Crippen LogP contribution in [-0.4, -0.2) is 16.5 Å². The predicted molar refractivity (Wildman–Crippen MR) is 61.4 cm³/mol. The first-order chi connectivity index (χ1) is 7.56. The van der Waals surface area contributed by atoms with Crippen molar-refractivity contribution in [1.82, 2.24) is 4.98 Å². The molecule has 1 aromatic heterocycles. The molecule has 1 atom stereocenters. The molecular formula is C10H12BrFN2O2. The van der Waals surface area contributed by atoms with Gasteiger partial charge in [0.1, 0.15) is 4.60 Å². The van der Waals surface area contributed by atoms with Crippen LogP contribution < -0.4 is 0 Å². The second-order valence-corrected chi connectivity index (χ2v) is 4.26. The van der Waals surface area contributed by atoms with Crippen LogP contribution >= 0.6 is 15.9 Å². The molecule has 0 aliphatic heterocycles. The zero-order valence-electron chi connectivity index (χ0n) is 8.82. The third-order valence-electron chi connectivity index (χ3n) is 2.32. The third-order valence-corrected chi connectivity index (χ3v) is 2.88. The summed E-state index contributed by atoms with van der Waals surface area (Å²) >= 11 is 2.98. The molecule has 88 valence electrons. The minimum Gasteiger partial charge on any atom is -0.265 e. The van der Waals surface area contributed by atoms with Gasteiger partial charge in [0.25, 0.3) is 0 Å². The summed E-state index contributed by atoms with van der Waals surface area (Å²) in [6.07, 6.45) is 2.82. The molecule has 0 aliphatic carbocycles. The Morgan fingerprint density at radius 3 is 2.94 bits per heavy atom. The lowest BCUT2D eigenvalue weighted by Gasteiger charge is -2.13. The van der Waals surface area contributed by atoms with Crippen molar-refractivity contribution >= 4 is 15.9 Å². The molecule has 0 saturated carbocycles. The summed E-state index contributed by atoms with van der Waals surface area (Å²) in [5.74, 6) is -0.887. The van der Waals surface area contributed by atoms with Gasteiger partial charge >= 0.3 is 0 Å². The second kappa shape index (κ2) is 5.89. The van der Waals surface area contributed by atoms with E-state index in [1.54, 1.807) is 0 Å². The van der Waals surface area contributed by atoms with Crippen molar-refractivity contribution < 1.29 is 9.31 Å². The number of nitro groups is 1. The molecule has 4 nitrogen and oxygen atoms in total. The van der Waals surface area contributed by atoms with Crippen LogP contribution in [0.15, 0.2) is 16.9 Å². The predicted octanol–water partition coefficient (Wildman–Crippen LogP) is 3.14. The van der Waals surface area contributed by atoms with Crippen molar-refractivity contribution in [3.63, 3.8) is 0 Å². The van der Waals surface area contributed by atoms with E-state index in [1.165, 1.54) is 12.3 Å². The van der Waals surface area contributed by atoms with E-state index in [2.05, 4.69) is 20.9 Å². The first-order valence-corrected chi connectivity index (χ1v) is 5.77. The van der Waals surface area contributed by atoms with E-state index >= 15 is 0 Å². The molecule has 16 heavy (non-hydrogen) atoms. The fourth-order valence-corrected chi connectivity index (χ4v) is 1.97. The lowest BCUT2D eigenvalue weighted by molar-refractivity contribution is -0.483. The quantitative estimate of drug-likeness (QED) is 0.475. The zero-order chi connectivity index (χ0) is 12.1. The first-order valence-electron chi connectivity index (χ1n) is 4.98. The topological polar surface area (TPSA) is 56.0 Å². The van der Waals surface area contributed by atoms with Crippen molar-refractivity contribution in [2.24, 2.45) is 0 Å². The van der Waals surface area contributed by atoms with Gasteiger partial charge in [-0.1, -0.05) is 13.3 Å². The summed E-state index contributed by atoms with van der Waals surface area (Å²) in [6.45, 7) is 1.67. The van der Waals surface area contributed by atoms with Gasteiger partial charge in [-0.3, -0.25) is 10.1 Å². The molecule has 0 radical (unpaired) electrons. The Balaban J connectivity index is 3.00. The highest BCUT2D eigenvalue weighted by atomic mass is 79.9. The van der Waals surface area contributed by atoms with Gasteiger partial charge in [0, 0.05) is 16.7 Å². The Hall–Kier alpha value is -1.04. The van der Waals surface area contributed by atoms with E-state index in [-0.39, 0.29) is 17.1 Å². The summed E-state index contributed by atoms with van der Waals surface area (Å²) in [6, 6.07) is 1.50. The maximum absolute atomic E-state index is 13.7. The summed E-state index contributed by atoms with van der Waals surface area (Å²) < 4.78 is 13.8. The molecule has 0 aliphatic rings. The lowest BCUT2D eigenvalue weighted by Crippen LogP contribution is -2.14. The van der Waals surface area contributed by atoms with E-state index in [4.69, 9.17) is 0 Å². The van der Waals surface area contributed by atoms with Crippen molar-refractivity contribution in [2.75, 3.05) is 6.54 Å². The van der Waals surface area contributed by atoms with Crippen LogP contribution in [0.3, 0.4) is 0 Å². The Bertz CT molecular complexity index is 387. The van der Waals surface area contributed by atoms with E-state index in [0.29, 0.717) is 12.0 Å². The number of hydrogen-bond acceptors (Lipinski definition) is 3. The zero-order valence-corrected chi connectivity index (χ0v) is 10.4. The van der Waals surface area contributed by atoms with Crippen molar-refractivity contribution in [3.05, 3.63) is 38.4 Å². The third kappa shape index (κ3) is 3.23. The molecule has 1 aromatic rings. The number of halogens is 2. The number of rotatable bonds is 5. The normalized spacial score (nSPS) is 12.4. The molecule has 0 fully saturated rings. The monoisotopic (exact) mass is 290 g/mol. The molecule has 0 amide bonds. The van der Waals surface area contributed by atoms with Crippen LogP contribution in [0.5, 0.6) is 0 Å². The molecule has 1 heterocycles. The molecule has 0 saturated heterocycles. The van der Waals surface area contributed by atoms with Crippen molar-refractivity contribution in [3.8, 4) is 0 Å². The van der Waals surface area contributed by atoms with Gasteiger partial charge in [0.05, 0.1) is 5.92 Å². The number of hydrogen-bond donors (Lipinski definition) is 0. The van der Waals surface area contributed by atoms with E-state index in [1.807, 2.05) is 6.92 Å². The van der Waals surface area contributed by atoms with Crippen molar-refractivity contribution in [2.45, 2.75) is 25.7 Å². The smallest absolute Gasteiger partial charge is 0.210 e. The molecule has 6 heteroatoms. The largest absolute Gasteiger partial charge is 0.265 e. The lowest BCUT2D eigenvalue weighted by atomic mass is 9.95. The first kappa shape index (κ1) is 13.0. The van der Waals surface area contributed by atoms with E-state index < -0.39 is 10.7 Å².